The summed E-state index contributed by atoms with van der Waals surface area (Å²) in [6.07, 6.45) is 0. The highest BCUT2D eigenvalue weighted by Gasteiger charge is 2.17. The fourth-order valence-corrected chi connectivity index (χ4v) is 3.39. The van der Waals surface area contributed by atoms with Crippen LogP contribution >= 0.6 is 0 Å². The summed E-state index contributed by atoms with van der Waals surface area (Å²) in [5, 5.41) is 18.5. The van der Waals surface area contributed by atoms with Gasteiger partial charge in [-0.3, -0.25) is 0 Å². The van der Waals surface area contributed by atoms with Crippen LogP contribution in [-0.4, -0.2) is 10.2 Å². The van der Waals surface area contributed by atoms with Gasteiger partial charge in [-0.15, -0.1) is 0 Å². The van der Waals surface area contributed by atoms with Crippen molar-refractivity contribution in [3.63, 3.8) is 0 Å². The number of ether oxygens (including phenoxy) is 2. The average Bonchev–Trinajstić information content (AvgIpc) is 2.73. The van der Waals surface area contributed by atoms with Gasteiger partial charge in [0.05, 0.1) is 26.4 Å². The number of fused-ring (bicyclic) bond motifs is 3. The predicted octanol–water partition coefficient (Wildman–Crippen LogP) is 3.95. The number of rotatable bonds is 6. The van der Waals surface area contributed by atoms with Crippen LogP contribution in [-0.2, 0) is 37.8 Å². The highest BCUT2D eigenvalue weighted by Crippen LogP contribution is 2.38. The lowest BCUT2D eigenvalue weighted by atomic mass is 9.94. The molecule has 1 aliphatic heterocycles. The van der Waals surface area contributed by atoms with Gasteiger partial charge in [0.15, 0.2) is 0 Å². The summed E-state index contributed by atoms with van der Waals surface area (Å²) < 4.78 is 11.7. The van der Waals surface area contributed by atoms with E-state index in [2.05, 4.69) is 18.2 Å². The van der Waals surface area contributed by atoms with Crippen LogP contribution in [0.3, 0.4) is 0 Å². The lowest BCUT2D eigenvalue weighted by molar-refractivity contribution is 0.107. The number of benzene rings is 3. The van der Waals surface area contributed by atoms with E-state index < -0.39 is 0 Å². The Morgan fingerprint density at radius 3 is 2.22 bits per heavy atom. The Morgan fingerprint density at radius 2 is 1.41 bits per heavy atom. The zero-order valence-electron chi connectivity index (χ0n) is 15.0. The third kappa shape index (κ3) is 3.88. The van der Waals surface area contributed by atoms with Crippen LogP contribution in [0.4, 0.5) is 0 Å². The van der Waals surface area contributed by atoms with Gasteiger partial charge in [-0.1, -0.05) is 48.5 Å². The first-order valence-corrected chi connectivity index (χ1v) is 9.02. The zero-order chi connectivity index (χ0) is 18.6. The largest absolute Gasteiger partial charge is 0.488 e. The van der Waals surface area contributed by atoms with Crippen LogP contribution in [0.2, 0.25) is 0 Å². The molecule has 1 aliphatic rings. The molecular formula is C23H22O4. The summed E-state index contributed by atoms with van der Waals surface area (Å²) in [5.74, 6) is 0.821. The monoisotopic (exact) mass is 362 g/mol. The van der Waals surface area contributed by atoms with Crippen molar-refractivity contribution in [2.75, 3.05) is 0 Å². The molecule has 0 atom stereocenters. The van der Waals surface area contributed by atoms with E-state index >= 15 is 0 Å². The second-order valence-electron chi connectivity index (χ2n) is 6.74. The summed E-state index contributed by atoms with van der Waals surface area (Å²) in [7, 11) is 0. The summed E-state index contributed by atoms with van der Waals surface area (Å²) in [6, 6.07) is 19.9. The molecule has 0 saturated heterocycles. The lowest BCUT2D eigenvalue weighted by Crippen LogP contribution is -2.07. The van der Waals surface area contributed by atoms with Crippen LogP contribution in [0.25, 0.3) is 11.1 Å². The standard InChI is InChI=1S/C23H22O4/c24-11-16-2-1-3-18(8-16)13-26-14-19-5-6-21-20(9-19)15-27-23-10-17(12-25)4-7-22(21)23/h1-10,24-25H,11-15H2. The first kappa shape index (κ1) is 17.7. The van der Waals surface area contributed by atoms with Crippen molar-refractivity contribution in [2.24, 2.45) is 0 Å². The first-order chi connectivity index (χ1) is 13.3. The number of hydrogen-bond acceptors (Lipinski definition) is 4. The third-order valence-corrected chi connectivity index (χ3v) is 4.78. The Balaban J connectivity index is 1.45. The van der Waals surface area contributed by atoms with E-state index in [-0.39, 0.29) is 13.2 Å². The lowest BCUT2D eigenvalue weighted by Gasteiger charge is -2.22. The van der Waals surface area contributed by atoms with Gasteiger partial charge >= 0.3 is 0 Å². The highest BCUT2D eigenvalue weighted by atomic mass is 16.5. The van der Waals surface area contributed by atoms with Gasteiger partial charge in [-0.25, -0.2) is 0 Å². The van der Waals surface area contributed by atoms with Crippen LogP contribution in [0.5, 0.6) is 5.75 Å². The molecule has 27 heavy (non-hydrogen) atoms. The Labute approximate surface area is 158 Å². The second kappa shape index (κ2) is 7.92. The van der Waals surface area contributed by atoms with Crippen molar-refractivity contribution in [3.8, 4) is 16.9 Å². The van der Waals surface area contributed by atoms with Crippen molar-refractivity contribution >= 4 is 0 Å². The summed E-state index contributed by atoms with van der Waals surface area (Å²) in [5.41, 5.74) is 7.27. The van der Waals surface area contributed by atoms with Crippen molar-refractivity contribution in [1.82, 2.24) is 0 Å². The highest BCUT2D eigenvalue weighted by molar-refractivity contribution is 5.75. The van der Waals surface area contributed by atoms with Gasteiger partial charge in [-0.05, 0) is 45.5 Å². The predicted molar refractivity (Wildman–Crippen MR) is 103 cm³/mol. The maximum absolute atomic E-state index is 9.28. The van der Waals surface area contributed by atoms with E-state index in [9.17, 15) is 10.2 Å². The maximum atomic E-state index is 9.28. The molecule has 0 amide bonds. The van der Waals surface area contributed by atoms with Gasteiger partial charge in [0.2, 0.25) is 0 Å². The smallest absolute Gasteiger partial charge is 0.128 e. The number of aliphatic hydroxyl groups excluding tert-OH is 2. The molecule has 0 radical (unpaired) electrons. The van der Waals surface area contributed by atoms with Gasteiger partial charge < -0.3 is 19.7 Å². The van der Waals surface area contributed by atoms with E-state index in [1.807, 2.05) is 42.5 Å². The molecule has 0 unspecified atom stereocenters. The molecule has 3 aromatic rings. The quantitative estimate of drug-likeness (QED) is 0.697. The molecule has 3 aromatic carbocycles. The van der Waals surface area contributed by atoms with Crippen LogP contribution in [0.15, 0.2) is 60.7 Å². The molecule has 1 heterocycles. The first-order valence-electron chi connectivity index (χ1n) is 9.02. The zero-order valence-corrected chi connectivity index (χ0v) is 15.0. The van der Waals surface area contributed by atoms with Gasteiger partial charge in [0, 0.05) is 5.56 Å². The van der Waals surface area contributed by atoms with E-state index in [0.717, 1.165) is 39.1 Å². The van der Waals surface area contributed by atoms with Crippen molar-refractivity contribution < 1.29 is 19.7 Å². The fraction of sp³-hybridized carbons (Fsp3) is 0.217. The third-order valence-electron chi connectivity index (χ3n) is 4.78. The molecule has 2 N–H and O–H groups in total. The number of aliphatic hydroxyl groups is 2. The molecule has 0 saturated carbocycles. The molecule has 4 heteroatoms. The van der Waals surface area contributed by atoms with Crippen molar-refractivity contribution in [2.45, 2.75) is 33.0 Å². The second-order valence-corrected chi connectivity index (χ2v) is 6.74. The molecule has 0 fully saturated rings. The Morgan fingerprint density at radius 1 is 0.741 bits per heavy atom. The molecule has 0 bridgehead atoms. The fourth-order valence-electron chi connectivity index (χ4n) is 3.39. The van der Waals surface area contributed by atoms with Crippen LogP contribution in [0.1, 0.15) is 27.8 Å². The molecule has 0 aliphatic carbocycles. The van der Waals surface area contributed by atoms with E-state index in [1.165, 1.54) is 5.56 Å². The normalized spacial score (nSPS) is 12.2. The topological polar surface area (TPSA) is 58.9 Å². The Hall–Kier alpha value is -2.66. The van der Waals surface area contributed by atoms with Crippen molar-refractivity contribution in [1.29, 1.82) is 0 Å². The summed E-state index contributed by atoms with van der Waals surface area (Å²) in [6.45, 7) is 1.60. The van der Waals surface area contributed by atoms with Crippen LogP contribution < -0.4 is 4.74 Å². The maximum Gasteiger partial charge on any atom is 0.128 e. The van der Waals surface area contributed by atoms with Crippen molar-refractivity contribution in [3.05, 3.63) is 88.5 Å². The molecular weight excluding hydrogens is 340 g/mol. The SMILES string of the molecule is OCc1cccc(COCc2ccc3c(c2)COc2cc(CO)ccc2-3)c1. The Bertz CT molecular complexity index is 949. The molecule has 4 nitrogen and oxygen atoms in total. The van der Waals surface area contributed by atoms with Gasteiger partial charge in [0.25, 0.3) is 0 Å². The Kier molecular flexibility index (Phi) is 5.21. The van der Waals surface area contributed by atoms with E-state index in [0.29, 0.717) is 19.8 Å². The minimum atomic E-state index is 0.0149. The molecule has 4 rings (SSSR count). The van der Waals surface area contributed by atoms with Crippen LogP contribution in [0, 0.1) is 0 Å². The minimum Gasteiger partial charge on any atom is -0.488 e. The molecule has 0 aromatic heterocycles. The van der Waals surface area contributed by atoms with Gasteiger partial charge in [-0.2, -0.15) is 0 Å². The average molecular weight is 362 g/mol. The minimum absolute atomic E-state index is 0.0149. The van der Waals surface area contributed by atoms with E-state index in [4.69, 9.17) is 9.47 Å². The summed E-state index contributed by atoms with van der Waals surface area (Å²) in [4.78, 5) is 0. The molecule has 0 spiro atoms. The van der Waals surface area contributed by atoms with Gasteiger partial charge in [0.1, 0.15) is 12.4 Å². The molecule has 138 valence electrons. The number of hydrogen-bond donors (Lipinski definition) is 2. The van der Waals surface area contributed by atoms with E-state index in [1.54, 1.807) is 0 Å². The summed E-state index contributed by atoms with van der Waals surface area (Å²) >= 11 is 0.